The van der Waals surface area contributed by atoms with E-state index < -0.39 is 0 Å². The molecular weight excluding hydrogens is 652 g/mol. The van der Waals surface area contributed by atoms with Gasteiger partial charge in [0.2, 0.25) is 0 Å². The zero-order chi connectivity index (χ0) is 29.2. The van der Waals surface area contributed by atoms with Crippen LogP contribution in [0.15, 0.2) is 118 Å². The highest BCUT2D eigenvalue weighted by atomic mass is 79.9. The zero-order valence-electron chi connectivity index (χ0n) is 24.2. The molecule has 0 amide bonds. The van der Waals surface area contributed by atoms with Crippen molar-refractivity contribution in [1.82, 2.24) is 0 Å². The molecule has 43 heavy (non-hydrogen) atoms. The van der Waals surface area contributed by atoms with Gasteiger partial charge < -0.3 is 0 Å². The maximum absolute atomic E-state index is 3.89. The van der Waals surface area contributed by atoms with Crippen LogP contribution in [0.5, 0.6) is 0 Å². The monoisotopic (exact) mass is 680 g/mol. The lowest BCUT2D eigenvalue weighted by Crippen LogP contribution is -2.08. The van der Waals surface area contributed by atoms with Gasteiger partial charge in [-0.15, -0.1) is 0 Å². The van der Waals surface area contributed by atoms with Crippen LogP contribution >= 0.6 is 31.9 Å². The Labute approximate surface area is 270 Å². The van der Waals surface area contributed by atoms with Crippen LogP contribution in [0.2, 0.25) is 0 Å². The first-order valence-electron chi connectivity index (χ1n) is 15.0. The molecule has 6 aromatic rings. The van der Waals surface area contributed by atoms with Crippen molar-refractivity contribution >= 4 is 76.7 Å². The second-order valence-corrected chi connectivity index (χ2v) is 13.8. The van der Waals surface area contributed by atoms with Crippen molar-refractivity contribution in [3.63, 3.8) is 0 Å². The molecule has 0 bridgehead atoms. The van der Waals surface area contributed by atoms with E-state index in [1.54, 1.807) is 0 Å². The molecule has 0 spiro atoms. The van der Waals surface area contributed by atoms with E-state index in [9.17, 15) is 0 Å². The number of fused-ring (bicyclic) bond motifs is 4. The first-order valence-corrected chi connectivity index (χ1v) is 16.5. The second kappa shape index (κ2) is 10.5. The Balaban J connectivity index is 1.27. The summed E-state index contributed by atoms with van der Waals surface area (Å²) in [6.45, 7) is 4.40. The largest absolute Gasteiger partial charge is 0.0614 e. The molecule has 2 aliphatic rings. The molecule has 8 rings (SSSR count). The fraction of sp³-hybridized carbons (Fsp3) is 0.122. The van der Waals surface area contributed by atoms with Crippen LogP contribution in [0.25, 0.3) is 44.8 Å². The summed E-state index contributed by atoms with van der Waals surface area (Å²) in [5.74, 6) is 0.548. The Morgan fingerprint density at radius 3 is 1.42 bits per heavy atom. The van der Waals surface area contributed by atoms with Gasteiger partial charge in [-0.2, -0.15) is 0 Å². The molecule has 2 aliphatic carbocycles. The third-order valence-corrected chi connectivity index (χ3v) is 11.0. The van der Waals surface area contributed by atoms with Crippen LogP contribution < -0.4 is 0 Å². The van der Waals surface area contributed by atoms with Gasteiger partial charge in [0.05, 0.1) is 0 Å². The van der Waals surface area contributed by atoms with Gasteiger partial charge in [0, 0.05) is 20.8 Å². The summed E-state index contributed by atoms with van der Waals surface area (Å²) in [4.78, 5) is 0. The number of rotatable bonds is 4. The van der Waals surface area contributed by atoms with E-state index in [2.05, 4.69) is 167 Å². The summed E-state index contributed by atoms with van der Waals surface area (Å²) in [6.07, 6.45) is 5.86. The van der Waals surface area contributed by atoms with Crippen molar-refractivity contribution in [3.8, 4) is 0 Å². The summed E-state index contributed by atoms with van der Waals surface area (Å²) in [5, 5.41) is 5.25. The van der Waals surface area contributed by atoms with Gasteiger partial charge in [0.25, 0.3) is 0 Å². The van der Waals surface area contributed by atoms with Gasteiger partial charge in [-0.05, 0) is 134 Å². The Bertz CT molecular complexity index is 2010. The lowest BCUT2D eigenvalue weighted by Gasteiger charge is -2.25. The topological polar surface area (TPSA) is 0 Å². The lowest BCUT2D eigenvalue weighted by atomic mass is 9.78. The molecule has 6 aromatic carbocycles. The Morgan fingerprint density at radius 2 is 0.953 bits per heavy atom. The Morgan fingerprint density at radius 1 is 0.512 bits per heavy atom. The molecule has 0 aliphatic heterocycles. The third kappa shape index (κ3) is 4.46. The molecule has 208 valence electrons. The van der Waals surface area contributed by atoms with E-state index in [1.807, 2.05) is 0 Å². The highest BCUT2D eigenvalue weighted by molar-refractivity contribution is 9.10. The summed E-state index contributed by atoms with van der Waals surface area (Å²) in [5.41, 5.74) is 13.5. The van der Waals surface area contributed by atoms with Gasteiger partial charge in [0.15, 0.2) is 0 Å². The van der Waals surface area contributed by atoms with Gasteiger partial charge in [-0.1, -0.05) is 117 Å². The highest BCUT2D eigenvalue weighted by Crippen LogP contribution is 2.54. The SMILES string of the molecule is Cc1cccc2cc(C3=Cc4c(Br)cccc4C3CC3C(c4ccc5c(C)cccc5c4)=Cc4c(Br)cccc43)ccc12. The van der Waals surface area contributed by atoms with Crippen molar-refractivity contribution in [2.24, 2.45) is 0 Å². The van der Waals surface area contributed by atoms with E-state index in [-0.39, 0.29) is 11.8 Å². The van der Waals surface area contributed by atoms with Crippen LogP contribution in [0, 0.1) is 13.8 Å². The molecule has 0 saturated carbocycles. The maximum Gasteiger partial charge on any atom is 0.0250 e. The number of allylic oxidation sites excluding steroid dienone is 2. The van der Waals surface area contributed by atoms with E-state index in [1.165, 1.54) is 77.2 Å². The Kier molecular flexibility index (Phi) is 6.54. The molecule has 2 unspecified atom stereocenters. The number of halogens is 2. The minimum Gasteiger partial charge on any atom is -0.0614 e. The van der Waals surface area contributed by atoms with Crippen LogP contribution in [-0.4, -0.2) is 0 Å². The molecule has 2 atom stereocenters. The van der Waals surface area contributed by atoms with Gasteiger partial charge in [0.1, 0.15) is 0 Å². The predicted molar refractivity (Wildman–Crippen MR) is 191 cm³/mol. The quantitative estimate of drug-likeness (QED) is 0.174. The summed E-state index contributed by atoms with van der Waals surface area (Å²) >= 11 is 7.77. The van der Waals surface area contributed by atoms with Crippen molar-refractivity contribution in [2.75, 3.05) is 0 Å². The molecule has 0 nitrogen and oxygen atoms in total. The zero-order valence-corrected chi connectivity index (χ0v) is 27.3. The molecular formula is C41H30Br2. The standard InChI is InChI=1S/C41H30Br2/c1-24-7-3-9-26-19-28(15-17-30(24)26)34-21-38-32(11-5-13-40(38)42)36(34)23-37-33-12-6-14-41(43)39(33)22-35(37)29-16-18-31-25(2)8-4-10-27(31)20-29/h3-22,36-37H,23H2,1-2H3. The summed E-state index contributed by atoms with van der Waals surface area (Å²) in [6, 6.07) is 40.7. The van der Waals surface area contributed by atoms with Crippen molar-refractivity contribution in [1.29, 1.82) is 0 Å². The molecule has 0 saturated heterocycles. The van der Waals surface area contributed by atoms with Gasteiger partial charge in [-0.3, -0.25) is 0 Å². The lowest BCUT2D eigenvalue weighted by molar-refractivity contribution is 0.706. The first-order chi connectivity index (χ1) is 21.0. The minimum atomic E-state index is 0.274. The number of hydrogen-bond donors (Lipinski definition) is 0. The van der Waals surface area contributed by atoms with Crippen LogP contribution in [-0.2, 0) is 0 Å². The van der Waals surface area contributed by atoms with E-state index in [4.69, 9.17) is 0 Å². The molecule has 2 heteroatoms. The smallest absolute Gasteiger partial charge is 0.0250 e. The second-order valence-electron chi connectivity index (χ2n) is 12.0. The fourth-order valence-electron chi connectivity index (χ4n) is 7.43. The van der Waals surface area contributed by atoms with Crippen LogP contribution in [0.3, 0.4) is 0 Å². The number of aryl methyl sites for hydroxylation is 2. The highest BCUT2D eigenvalue weighted by Gasteiger charge is 2.35. The van der Waals surface area contributed by atoms with E-state index in [0.717, 1.165) is 15.4 Å². The number of hydrogen-bond acceptors (Lipinski definition) is 0. The normalized spacial score (nSPS) is 17.2. The van der Waals surface area contributed by atoms with Gasteiger partial charge in [-0.25, -0.2) is 0 Å². The summed E-state index contributed by atoms with van der Waals surface area (Å²) < 4.78 is 2.33. The summed E-state index contributed by atoms with van der Waals surface area (Å²) in [7, 11) is 0. The molecule has 0 radical (unpaired) electrons. The third-order valence-electron chi connectivity index (χ3n) is 9.61. The molecule has 0 N–H and O–H groups in total. The Hall–Kier alpha value is -3.72. The average Bonchev–Trinajstić information content (AvgIpc) is 3.58. The molecule has 0 heterocycles. The minimum absolute atomic E-state index is 0.274. The van der Waals surface area contributed by atoms with Gasteiger partial charge >= 0.3 is 0 Å². The molecule has 0 aromatic heterocycles. The van der Waals surface area contributed by atoms with E-state index >= 15 is 0 Å². The van der Waals surface area contributed by atoms with E-state index in [0.29, 0.717) is 0 Å². The van der Waals surface area contributed by atoms with Crippen molar-refractivity contribution in [2.45, 2.75) is 32.1 Å². The predicted octanol–water partition coefficient (Wildman–Crippen LogP) is 12.5. The first kappa shape index (κ1) is 26.9. The fourth-order valence-corrected chi connectivity index (χ4v) is 8.42. The van der Waals surface area contributed by atoms with Crippen molar-refractivity contribution in [3.05, 3.63) is 163 Å². The van der Waals surface area contributed by atoms with Crippen LogP contribution in [0.1, 0.15) is 62.8 Å². The van der Waals surface area contributed by atoms with Crippen LogP contribution in [0.4, 0.5) is 0 Å². The maximum atomic E-state index is 3.89. The van der Waals surface area contributed by atoms with Crippen molar-refractivity contribution < 1.29 is 0 Å². The average molecular weight is 682 g/mol. The number of benzene rings is 6. The molecule has 0 fully saturated rings.